The second kappa shape index (κ2) is 10.3. The molecule has 0 spiro atoms. The van der Waals surface area contributed by atoms with Crippen LogP contribution in [0.4, 0.5) is 5.69 Å². The first-order chi connectivity index (χ1) is 16.0. The van der Waals surface area contributed by atoms with E-state index in [0.29, 0.717) is 40.9 Å². The number of aromatic nitrogens is 2. The Labute approximate surface area is 199 Å². The van der Waals surface area contributed by atoms with Crippen LogP contribution >= 0.6 is 12.2 Å². The van der Waals surface area contributed by atoms with Crippen LogP contribution in [0.3, 0.4) is 0 Å². The van der Waals surface area contributed by atoms with Crippen molar-refractivity contribution in [1.82, 2.24) is 19.4 Å². The first-order valence-corrected chi connectivity index (χ1v) is 12.0. The average Bonchev–Trinajstić information content (AvgIpc) is 2.86. The van der Waals surface area contributed by atoms with Crippen LogP contribution in [-0.4, -0.2) is 71.1 Å². The number of hydrogen-bond donors (Lipinski definition) is 1. The third-order valence-electron chi connectivity index (χ3n) is 6.45. The number of benzene rings is 2. The minimum atomic E-state index is -0.114. The summed E-state index contributed by atoms with van der Waals surface area (Å²) in [6.45, 7) is 10.3. The molecular formula is C25H31N5O2S. The van der Waals surface area contributed by atoms with Gasteiger partial charge in [0.15, 0.2) is 4.77 Å². The minimum absolute atomic E-state index is 0.0188. The van der Waals surface area contributed by atoms with Crippen molar-refractivity contribution in [3.63, 3.8) is 0 Å². The average molecular weight is 466 g/mol. The molecule has 0 radical (unpaired) electrons. The fraction of sp³-hybridized carbons (Fsp3) is 0.400. The van der Waals surface area contributed by atoms with Gasteiger partial charge in [0.1, 0.15) is 0 Å². The summed E-state index contributed by atoms with van der Waals surface area (Å²) in [6, 6.07) is 15.5. The summed E-state index contributed by atoms with van der Waals surface area (Å²) in [5.41, 5.74) is 2.25. The lowest BCUT2D eigenvalue weighted by atomic mass is 10.1. The van der Waals surface area contributed by atoms with E-state index in [-0.39, 0.29) is 11.5 Å². The van der Waals surface area contributed by atoms with E-state index in [2.05, 4.69) is 40.8 Å². The number of aromatic amines is 1. The number of piperazine rings is 1. The van der Waals surface area contributed by atoms with Crippen LogP contribution in [0.2, 0.25) is 0 Å². The van der Waals surface area contributed by atoms with Gasteiger partial charge in [0.2, 0.25) is 0 Å². The number of carbonyl (C=O) groups excluding carboxylic acids is 1. The van der Waals surface area contributed by atoms with Gasteiger partial charge in [-0.25, -0.2) is 0 Å². The van der Waals surface area contributed by atoms with E-state index in [9.17, 15) is 9.59 Å². The van der Waals surface area contributed by atoms with Gasteiger partial charge in [0.05, 0.1) is 10.9 Å². The summed E-state index contributed by atoms with van der Waals surface area (Å²) in [7, 11) is 0. The molecule has 1 aliphatic rings. The van der Waals surface area contributed by atoms with E-state index in [4.69, 9.17) is 12.2 Å². The zero-order valence-corrected chi connectivity index (χ0v) is 20.1. The number of anilines is 1. The van der Waals surface area contributed by atoms with Crippen molar-refractivity contribution in [2.75, 3.05) is 50.7 Å². The Balaban J connectivity index is 1.50. The number of carbonyl (C=O) groups is 1. The Morgan fingerprint density at radius 1 is 1.03 bits per heavy atom. The molecule has 1 amide bonds. The molecule has 7 nitrogen and oxygen atoms in total. The lowest BCUT2D eigenvalue weighted by Crippen LogP contribution is -2.48. The van der Waals surface area contributed by atoms with Crippen LogP contribution < -0.4 is 10.5 Å². The van der Waals surface area contributed by atoms with E-state index in [1.54, 1.807) is 22.8 Å². The number of nitrogens with zero attached hydrogens (tertiary/aromatic N) is 4. The monoisotopic (exact) mass is 465 g/mol. The van der Waals surface area contributed by atoms with Crippen molar-refractivity contribution >= 4 is 34.7 Å². The molecule has 0 saturated carbocycles. The lowest BCUT2D eigenvalue weighted by Gasteiger charge is -2.36. The molecule has 0 atom stereocenters. The van der Waals surface area contributed by atoms with Gasteiger partial charge < -0.3 is 19.7 Å². The molecule has 1 N–H and O–H groups in total. The van der Waals surface area contributed by atoms with Crippen LogP contribution in [0.1, 0.15) is 24.2 Å². The van der Waals surface area contributed by atoms with Gasteiger partial charge in [-0.3, -0.25) is 14.2 Å². The standard InChI is InChI=1S/C25H31N5O2S/c1-3-27(4-2)12-17-30-24(32)21-11-10-19(18-22(21)26-25(30)33)23(31)29-15-13-28(14-16-29)20-8-6-5-7-9-20/h5-11,18H,3-4,12-17H2,1-2H3,(H,26,33). The topological polar surface area (TPSA) is 64.6 Å². The molecule has 0 aliphatic carbocycles. The molecule has 1 saturated heterocycles. The summed E-state index contributed by atoms with van der Waals surface area (Å²) in [5, 5.41) is 0.550. The molecule has 0 bridgehead atoms. The summed E-state index contributed by atoms with van der Waals surface area (Å²) in [5.74, 6) is -0.0188. The zero-order chi connectivity index (χ0) is 23.4. The molecule has 4 rings (SSSR count). The molecule has 0 unspecified atom stereocenters. The van der Waals surface area contributed by atoms with Gasteiger partial charge in [-0.2, -0.15) is 0 Å². The van der Waals surface area contributed by atoms with E-state index in [1.807, 2.05) is 23.1 Å². The number of amides is 1. The maximum atomic E-state index is 13.1. The molecule has 1 aliphatic heterocycles. The van der Waals surface area contributed by atoms with Crippen LogP contribution in [-0.2, 0) is 6.54 Å². The number of fused-ring (bicyclic) bond motifs is 1. The van der Waals surface area contributed by atoms with Gasteiger partial charge in [0.25, 0.3) is 11.5 Å². The molecule has 2 heterocycles. The van der Waals surface area contributed by atoms with Crippen LogP contribution in [0.25, 0.3) is 10.9 Å². The summed E-state index contributed by atoms with van der Waals surface area (Å²) >= 11 is 5.47. The number of hydrogen-bond acceptors (Lipinski definition) is 5. The van der Waals surface area contributed by atoms with Crippen LogP contribution in [0, 0.1) is 4.77 Å². The maximum absolute atomic E-state index is 13.1. The Morgan fingerprint density at radius 3 is 2.39 bits per heavy atom. The predicted octanol–water partition coefficient (Wildman–Crippen LogP) is 3.36. The minimum Gasteiger partial charge on any atom is -0.368 e. The normalized spacial score (nSPS) is 14.3. The first kappa shape index (κ1) is 23.2. The van der Waals surface area contributed by atoms with E-state index in [0.717, 1.165) is 32.7 Å². The van der Waals surface area contributed by atoms with Gasteiger partial charge in [0, 0.05) is 50.5 Å². The van der Waals surface area contributed by atoms with Crippen molar-refractivity contribution in [2.45, 2.75) is 20.4 Å². The summed E-state index contributed by atoms with van der Waals surface area (Å²) in [6.07, 6.45) is 0. The number of rotatable bonds is 7. The highest BCUT2D eigenvalue weighted by atomic mass is 32.1. The SMILES string of the molecule is CCN(CC)CCn1c(=S)[nH]c2cc(C(=O)N3CCN(c4ccccc4)CC3)ccc2c1=O. The summed E-state index contributed by atoms with van der Waals surface area (Å²) in [4.78, 5) is 35.8. The van der Waals surface area contributed by atoms with Crippen molar-refractivity contribution in [1.29, 1.82) is 0 Å². The Morgan fingerprint density at radius 2 is 1.73 bits per heavy atom. The molecule has 3 aromatic rings. The molecule has 8 heteroatoms. The zero-order valence-electron chi connectivity index (χ0n) is 19.3. The van der Waals surface area contributed by atoms with E-state index < -0.39 is 0 Å². The van der Waals surface area contributed by atoms with Gasteiger partial charge >= 0.3 is 0 Å². The smallest absolute Gasteiger partial charge is 0.262 e. The Kier molecular flexibility index (Phi) is 7.25. The number of para-hydroxylation sites is 1. The maximum Gasteiger partial charge on any atom is 0.262 e. The molecular weight excluding hydrogens is 434 g/mol. The first-order valence-electron chi connectivity index (χ1n) is 11.6. The van der Waals surface area contributed by atoms with Crippen molar-refractivity contribution < 1.29 is 4.79 Å². The number of H-pyrrole nitrogens is 1. The van der Waals surface area contributed by atoms with E-state index >= 15 is 0 Å². The van der Waals surface area contributed by atoms with Crippen molar-refractivity contribution in [2.24, 2.45) is 0 Å². The quantitative estimate of drug-likeness (QED) is 0.542. The Bertz CT molecular complexity index is 1230. The summed E-state index contributed by atoms with van der Waals surface area (Å²) < 4.78 is 2.00. The third kappa shape index (κ3) is 5.02. The highest BCUT2D eigenvalue weighted by Gasteiger charge is 2.23. The van der Waals surface area contributed by atoms with Crippen LogP contribution in [0.5, 0.6) is 0 Å². The second-order valence-corrected chi connectivity index (χ2v) is 8.68. The van der Waals surface area contributed by atoms with Crippen LogP contribution in [0.15, 0.2) is 53.3 Å². The number of nitrogens with one attached hydrogen (secondary N) is 1. The predicted molar refractivity (Wildman–Crippen MR) is 136 cm³/mol. The molecule has 1 aromatic heterocycles. The largest absolute Gasteiger partial charge is 0.368 e. The fourth-order valence-electron chi connectivity index (χ4n) is 4.36. The van der Waals surface area contributed by atoms with Gasteiger partial charge in [-0.1, -0.05) is 32.0 Å². The highest BCUT2D eigenvalue weighted by Crippen LogP contribution is 2.18. The van der Waals surface area contributed by atoms with Crippen molar-refractivity contribution in [3.05, 3.63) is 69.2 Å². The van der Waals surface area contributed by atoms with Gasteiger partial charge in [-0.15, -0.1) is 0 Å². The van der Waals surface area contributed by atoms with Gasteiger partial charge in [-0.05, 0) is 55.6 Å². The second-order valence-electron chi connectivity index (χ2n) is 8.29. The van der Waals surface area contributed by atoms with E-state index in [1.165, 1.54) is 5.69 Å². The molecule has 33 heavy (non-hydrogen) atoms. The molecule has 2 aromatic carbocycles. The highest BCUT2D eigenvalue weighted by molar-refractivity contribution is 7.71. The molecule has 1 fully saturated rings. The lowest BCUT2D eigenvalue weighted by molar-refractivity contribution is 0.0747. The van der Waals surface area contributed by atoms with Crippen molar-refractivity contribution in [3.8, 4) is 0 Å². The fourth-order valence-corrected chi connectivity index (χ4v) is 4.65. The molecule has 174 valence electrons. The third-order valence-corrected chi connectivity index (χ3v) is 6.77. The Hall–Kier alpha value is -2.97. The number of likely N-dealkylation sites (N-methyl/N-ethyl adjacent to an activating group) is 1.